The lowest BCUT2D eigenvalue weighted by atomic mass is 10.1. The Morgan fingerprint density at radius 2 is 1.92 bits per heavy atom. The third-order valence-corrected chi connectivity index (χ3v) is 4.82. The number of piperazine rings is 1. The first kappa shape index (κ1) is 17.5. The van der Waals surface area contributed by atoms with Crippen LogP contribution < -0.4 is 14.4 Å². The first-order valence-corrected chi connectivity index (χ1v) is 8.82. The monoisotopic (exact) mass is 341 g/mol. The molecular formula is C20H27N3O2. The van der Waals surface area contributed by atoms with Gasteiger partial charge < -0.3 is 14.4 Å². The molecule has 25 heavy (non-hydrogen) atoms. The fourth-order valence-electron chi connectivity index (χ4n) is 3.42. The van der Waals surface area contributed by atoms with Crippen molar-refractivity contribution in [3.8, 4) is 11.5 Å². The van der Waals surface area contributed by atoms with Gasteiger partial charge in [-0.25, -0.2) is 4.98 Å². The molecule has 1 saturated heterocycles. The first-order chi connectivity index (χ1) is 12.2. The summed E-state index contributed by atoms with van der Waals surface area (Å²) in [6, 6.07) is 12.8. The lowest BCUT2D eigenvalue weighted by molar-refractivity contribution is 0.230. The molecule has 0 amide bonds. The summed E-state index contributed by atoms with van der Waals surface area (Å²) in [5, 5.41) is 0. The molecule has 1 fully saturated rings. The average Bonchev–Trinajstić information content (AvgIpc) is 2.66. The zero-order valence-electron chi connectivity index (χ0n) is 15.3. The summed E-state index contributed by atoms with van der Waals surface area (Å²) >= 11 is 0. The number of rotatable bonds is 6. The third kappa shape index (κ3) is 4.23. The molecule has 1 aliphatic heterocycles. The van der Waals surface area contributed by atoms with Gasteiger partial charge in [-0.15, -0.1) is 0 Å². The fraction of sp³-hybridized carbons (Fsp3) is 0.450. The van der Waals surface area contributed by atoms with Gasteiger partial charge in [0.1, 0.15) is 5.82 Å². The first-order valence-electron chi connectivity index (χ1n) is 8.82. The Morgan fingerprint density at radius 3 is 2.60 bits per heavy atom. The molecule has 5 nitrogen and oxygen atoms in total. The number of benzene rings is 1. The van der Waals surface area contributed by atoms with Crippen LogP contribution in [-0.2, 0) is 6.42 Å². The van der Waals surface area contributed by atoms with Crippen LogP contribution >= 0.6 is 0 Å². The van der Waals surface area contributed by atoms with Crippen LogP contribution in [0, 0.1) is 0 Å². The van der Waals surface area contributed by atoms with Gasteiger partial charge in [-0.2, -0.15) is 0 Å². The van der Waals surface area contributed by atoms with Crippen molar-refractivity contribution in [2.45, 2.75) is 19.4 Å². The SMILES string of the molecule is COc1ccc(CCN2CCN(c3ccccn3)C(C)C2)cc1OC. The van der Waals surface area contributed by atoms with Crippen LogP contribution in [0.1, 0.15) is 12.5 Å². The molecule has 2 heterocycles. The number of aromatic nitrogens is 1. The number of ether oxygens (including phenoxy) is 2. The molecule has 2 aromatic rings. The van der Waals surface area contributed by atoms with Crippen LogP contribution in [0.15, 0.2) is 42.6 Å². The highest BCUT2D eigenvalue weighted by Crippen LogP contribution is 2.28. The quantitative estimate of drug-likeness (QED) is 0.808. The van der Waals surface area contributed by atoms with Gasteiger partial charge in [-0.3, -0.25) is 4.90 Å². The van der Waals surface area contributed by atoms with Crippen LogP contribution in [0.5, 0.6) is 11.5 Å². The number of anilines is 1. The van der Waals surface area contributed by atoms with E-state index in [2.05, 4.69) is 46.0 Å². The third-order valence-electron chi connectivity index (χ3n) is 4.82. The molecule has 0 N–H and O–H groups in total. The van der Waals surface area contributed by atoms with Gasteiger partial charge >= 0.3 is 0 Å². The van der Waals surface area contributed by atoms with Crippen LogP contribution in [0.3, 0.4) is 0 Å². The zero-order chi connectivity index (χ0) is 17.6. The second-order valence-electron chi connectivity index (χ2n) is 6.47. The molecule has 0 saturated carbocycles. The minimum Gasteiger partial charge on any atom is -0.493 e. The standard InChI is InChI=1S/C20H27N3O2/c1-16-15-22(12-13-23(16)20-6-4-5-10-21-20)11-9-17-7-8-18(24-2)19(14-17)25-3/h4-8,10,14,16H,9,11-13,15H2,1-3H3. The minimum absolute atomic E-state index is 0.467. The molecule has 0 aliphatic carbocycles. The van der Waals surface area contributed by atoms with E-state index in [1.807, 2.05) is 18.3 Å². The summed E-state index contributed by atoms with van der Waals surface area (Å²) in [5.74, 6) is 2.66. The summed E-state index contributed by atoms with van der Waals surface area (Å²) in [6.07, 6.45) is 2.88. The van der Waals surface area contributed by atoms with Crippen LogP contribution in [0.4, 0.5) is 5.82 Å². The minimum atomic E-state index is 0.467. The van der Waals surface area contributed by atoms with E-state index in [1.165, 1.54) is 5.56 Å². The molecule has 0 spiro atoms. The molecule has 1 unspecified atom stereocenters. The molecule has 134 valence electrons. The Morgan fingerprint density at radius 1 is 1.08 bits per heavy atom. The van der Waals surface area contributed by atoms with Gasteiger partial charge in [0.05, 0.1) is 14.2 Å². The van der Waals surface area contributed by atoms with Crippen molar-refractivity contribution in [1.82, 2.24) is 9.88 Å². The Bertz CT molecular complexity index is 678. The molecule has 0 bridgehead atoms. The molecule has 0 radical (unpaired) electrons. The van der Waals surface area contributed by atoms with Crippen molar-refractivity contribution in [3.63, 3.8) is 0 Å². The van der Waals surface area contributed by atoms with Gasteiger partial charge in [0.15, 0.2) is 11.5 Å². The van der Waals surface area contributed by atoms with Crippen LogP contribution in [0.25, 0.3) is 0 Å². The van der Waals surface area contributed by atoms with Gasteiger partial charge in [-0.1, -0.05) is 12.1 Å². The predicted molar refractivity (Wildman–Crippen MR) is 101 cm³/mol. The van der Waals surface area contributed by atoms with E-state index >= 15 is 0 Å². The van der Waals surface area contributed by atoms with Crippen LogP contribution in [0.2, 0.25) is 0 Å². The molecule has 1 aromatic carbocycles. The maximum absolute atomic E-state index is 5.40. The topological polar surface area (TPSA) is 37.8 Å². The van der Waals surface area contributed by atoms with Crippen molar-refractivity contribution in [3.05, 3.63) is 48.2 Å². The van der Waals surface area contributed by atoms with E-state index in [-0.39, 0.29) is 0 Å². The van der Waals surface area contributed by atoms with Crippen molar-refractivity contribution >= 4 is 5.82 Å². The Labute approximate surface area is 150 Å². The number of hydrogen-bond donors (Lipinski definition) is 0. The number of pyridine rings is 1. The lowest BCUT2D eigenvalue weighted by Crippen LogP contribution is -2.52. The van der Waals surface area contributed by atoms with Gasteiger partial charge in [0.2, 0.25) is 0 Å². The Kier molecular flexibility index (Phi) is 5.76. The molecule has 1 atom stereocenters. The molecular weight excluding hydrogens is 314 g/mol. The number of nitrogens with zero attached hydrogens (tertiary/aromatic N) is 3. The molecule has 3 rings (SSSR count). The maximum Gasteiger partial charge on any atom is 0.160 e. The lowest BCUT2D eigenvalue weighted by Gasteiger charge is -2.40. The van der Waals surface area contributed by atoms with Crippen molar-refractivity contribution in [2.75, 3.05) is 45.3 Å². The van der Waals surface area contributed by atoms with Crippen LogP contribution in [-0.4, -0.2) is 56.3 Å². The van der Waals surface area contributed by atoms with E-state index in [1.54, 1.807) is 14.2 Å². The summed E-state index contributed by atoms with van der Waals surface area (Å²) < 4.78 is 10.7. The average molecular weight is 341 g/mol. The second kappa shape index (κ2) is 8.21. The van der Waals surface area contributed by atoms with Crippen molar-refractivity contribution in [2.24, 2.45) is 0 Å². The largest absolute Gasteiger partial charge is 0.493 e. The van der Waals surface area contributed by atoms with E-state index < -0.39 is 0 Å². The van der Waals surface area contributed by atoms with E-state index in [4.69, 9.17) is 9.47 Å². The second-order valence-corrected chi connectivity index (χ2v) is 6.47. The summed E-state index contributed by atoms with van der Waals surface area (Å²) in [7, 11) is 3.35. The summed E-state index contributed by atoms with van der Waals surface area (Å²) in [5.41, 5.74) is 1.28. The van der Waals surface area contributed by atoms with Gasteiger partial charge in [0.25, 0.3) is 0 Å². The highest BCUT2D eigenvalue weighted by atomic mass is 16.5. The van der Waals surface area contributed by atoms with Gasteiger partial charge in [-0.05, 0) is 43.2 Å². The van der Waals surface area contributed by atoms with Crippen molar-refractivity contribution in [1.29, 1.82) is 0 Å². The highest BCUT2D eigenvalue weighted by molar-refractivity contribution is 5.43. The van der Waals surface area contributed by atoms with E-state index in [9.17, 15) is 0 Å². The Balaban J connectivity index is 1.55. The maximum atomic E-state index is 5.40. The molecule has 5 heteroatoms. The zero-order valence-corrected chi connectivity index (χ0v) is 15.3. The normalized spacial score (nSPS) is 18.2. The van der Waals surface area contributed by atoms with E-state index in [0.717, 1.165) is 49.9 Å². The fourth-order valence-corrected chi connectivity index (χ4v) is 3.42. The highest BCUT2D eigenvalue weighted by Gasteiger charge is 2.24. The Hall–Kier alpha value is -2.27. The van der Waals surface area contributed by atoms with Crippen molar-refractivity contribution < 1.29 is 9.47 Å². The molecule has 1 aliphatic rings. The van der Waals surface area contributed by atoms with Gasteiger partial charge in [0, 0.05) is 38.4 Å². The molecule has 1 aromatic heterocycles. The number of methoxy groups -OCH3 is 2. The summed E-state index contributed by atoms with van der Waals surface area (Å²) in [4.78, 5) is 9.41. The summed E-state index contributed by atoms with van der Waals surface area (Å²) in [6.45, 7) is 6.47. The van der Waals surface area contributed by atoms with E-state index in [0.29, 0.717) is 6.04 Å². The predicted octanol–water partition coefficient (Wildman–Crippen LogP) is 2.85. The smallest absolute Gasteiger partial charge is 0.160 e. The number of hydrogen-bond acceptors (Lipinski definition) is 5.